The van der Waals surface area contributed by atoms with Gasteiger partial charge >= 0.3 is 5.97 Å². The summed E-state index contributed by atoms with van der Waals surface area (Å²) in [5, 5.41) is 0. The predicted octanol–water partition coefficient (Wildman–Crippen LogP) is 3.53. The predicted molar refractivity (Wildman–Crippen MR) is 73.9 cm³/mol. The number of esters is 1. The second-order valence-electron chi connectivity index (χ2n) is 4.36. The van der Waals surface area contributed by atoms with Crippen molar-refractivity contribution in [1.29, 1.82) is 0 Å². The summed E-state index contributed by atoms with van der Waals surface area (Å²) in [5.74, 6) is 0.878. The van der Waals surface area contributed by atoms with Crippen LogP contribution in [0.4, 0.5) is 0 Å². The Morgan fingerprint density at radius 2 is 1.53 bits per heavy atom. The van der Waals surface area contributed by atoms with Crippen LogP contribution in [0.2, 0.25) is 0 Å². The third-order valence-corrected chi connectivity index (χ3v) is 3.01. The molecule has 0 aromatic heterocycles. The molecule has 0 unspecified atom stereocenters. The Morgan fingerprint density at radius 1 is 0.895 bits per heavy atom. The van der Waals surface area contributed by atoms with Crippen LogP contribution in [0.5, 0.6) is 11.5 Å². The van der Waals surface area contributed by atoms with Gasteiger partial charge in [0.2, 0.25) is 0 Å². The summed E-state index contributed by atoms with van der Waals surface area (Å²) in [5.41, 5.74) is 2.78. The largest absolute Gasteiger partial charge is 0.497 e. The third kappa shape index (κ3) is 3.13. The van der Waals surface area contributed by atoms with Gasteiger partial charge in [-0.1, -0.05) is 6.07 Å². The summed E-state index contributed by atoms with van der Waals surface area (Å²) in [6, 6.07) is 12.4. The maximum Gasteiger partial charge on any atom is 0.343 e. The Kier molecular flexibility index (Phi) is 3.85. The van der Waals surface area contributed by atoms with Gasteiger partial charge in [-0.2, -0.15) is 0 Å². The highest BCUT2D eigenvalue weighted by atomic mass is 16.5. The van der Waals surface area contributed by atoms with Crippen LogP contribution in [0, 0.1) is 13.8 Å². The normalized spacial score (nSPS) is 10.1. The van der Waals surface area contributed by atoms with Crippen molar-refractivity contribution in [1.82, 2.24) is 0 Å². The first-order chi connectivity index (χ1) is 9.10. The molecule has 2 aromatic rings. The Morgan fingerprint density at radius 3 is 2.11 bits per heavy atom. The van der Waals surface area contributed by atoms with Gasteiger partial charge in [0.25, 0.3) is 0 Å². The van der Waals surface area contributed by atoms with E-state index in [-0.39, 0.29) is 5.97 Å². The molecule has 0 aliphatic rings. The lowest BCUT2D eigenvalue weighted by molar-refractivity contribution is 0.0734. The van der Waals surface area contributed by atoms with E-state index in [1.165, 1.54) is 0 Å². The summed E-state index contributed by atoms with van der Waals surface area (Å²) in [6.45, 7) is 3.98. The molecule has 98 valence electrons. The second kappa shape index (κ2) is 5.57. The molecular weight excluding hydrogens is 240 g/mol. The summed E-state index contributed by atoms with van der Waals surface area (Å²) < 4.78 is 10.3. The lowest BCUT2D eigenvalue weighted by atomic mass is 10.1. The molecule has 0 spiro atoms. The van der Waals surface area contributed by atoms with Crippen LogP contribution in [0.1, 0.15) is 21.5 Å². The van der Waals surface area contributed by atoms with Gasteiger partial charge in [-0.15, -0.1) is 0 Å². The Balaban J connectivity index is 2.13. The van der Waals surface area contributed by atoms with Crippen LogP contribution in [0.3, 0.4) is 0 Å². The van der Waals surface area contributed by atoms with Gasteiger partial charge in [-0.05, 0) is 61.4 Å². The molecular formula is C16H16O3. The molecule has 0 saturated carbocycles. The summed E-state index contributed by atoms with van der Waals surface area (Å²) >= 11 is 0. The van der Waals surface area contributed by atoms with Crippen LogP contribution in [0.25, 0.3) is 0 Å². The van der Waals surface area contributed by atoms with Crippen molar-refractivity contribution in [3.8, 4) is 11.5 Å². The van der Waals surface area contributed by atoms with Crippen LogP contribution in [-0.2, 0) is 0 Å². The molecule has 3 nitrogen and oxygen atoms in total. The smallest absolute Gasteiger partial charge is 0.343 e. The van der Waals surface area contributed by atoms with E-state index in [0.29, 0.717) is 11.3 Å². The van der Waals surface area contributed by atoms with Crippen molar-refractivity contribution in [2.24, 2.45) is 0 Å². The van der Waals surface area contributed by atoms with Gasteiger partial charge in [0.1, 0.15) is 11.5 Å². The topological polar surface area (TPSA) is 35.5 Å². The summed E-state index contributed by atoms with van der Waals surface area (Å²) in [4.78, 5) is 12.0. The van der Waals surface area contributed by atoms with Gasteiger partial charge in [0.15, 0.2) is 0 Å². The van der Waals surface area contributed by atoms with Crippen molar-refractivity contribution in [2.45, 2.75) is 13.8 Å². The number of methoxy groups -OCH3 is 1. The first-order valence-corrected chi connectivity index (χ1v) is 6.03. The highest BCUT2D eigenvalue weighted by Gasteiger charge is 2.09. The molecule has 0 atom stereocenters. The number of aryl methyl sites for hydroxylation is 2. The van der Waals surface area contributed by atoms with Gasteiger partial charge in [0, 0.05) is 0 Å². The molecule has 0 aliphatic carbocycles. The number of hydrogen-bond donors (Lipinski definition) is 0. The molecule has 0 fully saturated rings. The van der Waals surface area contributed by atoms with Crippen molar-refractivity contribution >= 4 is 5.97 Å². The standard InChI is InChI=1S/C16H16O3/c1-11-4-5-13(10-12(11)2)16(17)19-15-8-6-14(18-3)7-9-15/h4-10H,1-3H3. The Labute approximate surface area is 112 Å². The van der Waals surface area contributed by atoms with E-state index in [9.17, 15) is 4.79 Å². The number of rotatable bonds is 3. The zero-order valence-corrected chi connectivity index (χ0v) is 11.3. The van der Waals surface area contributed by atoms with Crippen molar-refractivity contribution < 1.29 is 14.3 Å². The minimum absolute atomic E-state index is 0.353. The van der Waals surface area contributed by atoms with Crippen molar-refractivity contribution in [3.63, 3.8) is 0 Å². The number of carbonyl (C=O) groups excluding carboxylic acids is 1. The molecule has 19 heavy (non-hydrogen) atoms. The SMILES string of the molecule is COc1ccc(OC(=O)c2ccc(C)c(C)c2)cc1. The van der Waals surface area contributed by atoms with E-state index in [2.05, 4.69) is 0 Å². The highest BCUT2D eigenvalue weighted by molar-refractivity contribution is 5.91. The highest BCUT2D eigenvalue weighted by Crippen LogP contribution is 2.19. The van der Waals surface area contributed by atoms with Gasteiger partial charge in [0.05, 0.1) is 12.7 Å². The molecule has 0 radical (unpaired) electrons. The minimum Gasteiger partial charge on any atom is -0.497 e. The number of hydrogen-bond acceptors (Lipinski definition) is 3. The summed E-state index contributed by atoms with van der Waals surface area (Å²) in [6.07, 6.45) is 0. The first-order valence-electron chi connectivity index (χ1n) is 6.03. The monoisotopic (exact) mass is 256 g/mol. The van der Waals surface area contributed by atoms with E-state index in [1.807, 2.05) is 26.0 Å². The van der Waals surface area contributed by atoms with E-state index in [4.69, 9.17) is 9.47 Å². The van der Waals surface area contributed by atoms with E-state index >= 15 is 0 Å². The summed E-state index contributed by atoms with van der Waals surface area (Å²) in [7, 11) is 1.59. The molecule has 0 saturated heterocycles. The van der Waals surface area contributed by atoms with E-state index < -0.39 is 0 Å². The lowest BCUT2D eigenvalue weighted by Gasteiger charge is -2.07. The minimum atomic E-state index is -0.353. The third-order valence-electron chi connectivity index (χ3n) is 3.01. The van der Waals surface area contributed by atoms with E-state index in [1.54, 1.807) is 37.4 Å². The molecule has 0 N–H and O–H groups in total. The fraction of sp³-hybridized carbons (Fsp3) is 0.188. The second-order valence-corrected chi connectivity index (χ2v) is 4.36. The molecule has 2 rings (SSSR count). The average Bonchev–Trinajstić information content (AvgIpc) is 2.42. The Hall–Kier alpha value is -2.29. The van der Waals surface area contributed by atoms with Gasteiger partial charge < -0.3 is 9.47 Å². The quantitative estimate of drug-likeness (QED) is 0.622. The maximum absolute atomic E-state index is 12.0. The van der Waals surface area contributed by atoms with Crippen LogP contribution >= 0.6 is 0 Å². The molecule has 0 aliphatic heterocycles. The molecule has 3 heteroatoms. The van der Waals surface area contributed by atoms with Gasteiger partial charge in [-0.25, -0.2) is 4.79 Å². The molecule has 2 aromatic carbocycles. The number of benzene rings is 2. The number of ether oxygens (including phenoxy) is 2. The van der Waals surface area contributed by atoms with Crippen LogP contribution < -0.4 is 9.47 Å². The molecule has 0 heterocycles. The number of carbonyl (C=O) groups is 1. The van der Waals surface area contributed by atoms with E-state index in [0.717, 1.165) is 16.9 Å². The van der Waals surface area contributed by atoms with Crippen molar-refractivity contribution in [3.05, 3.63) is 59.2 Å². The fourth-order valence-corrected chi connectivity index (χ4v) is 1.68. The van der Waals surface area contributed by atoms with Crippen LogP contribution in [0.15, 0.2) is 42.5 Å². The zero-order chi connectivity index (χ0) is 13.8. The van der Waals surface area contributed by atoms with Crippen LogP contribution in [-0.4, -0.2) is 13.1 Å². The average molecular weight is 256 g/mol. The lowest BCUT2D eigenvalue weighted by Crippen LogP contribution is -2.08. The Bertz CT molecular complexity index is 585. The maximum atomic E-state index is 12.0. The molecule has 0 bridgehead atoms. The van der Waals surface area contributed by atoms with Crippen molar-refractivity contribution in [2.75, 3.05) is 7.11 Å². The van der Waals surface area contributed by atoms with Gasteiger partial charge in [-0.3, -0.25) is 0 Å². The fourth-order valence-electron chi connectivity index (χ4n) is 1.68. The zero-order valence-electron chi connectivity index (χ0n) is 11.3. The first kappa shape index (κ1) is 13.1. The molecule has 0 amide bonds.